The molecule has 0 unspecified atom stereocenters. The predicted molar refractivity (Wildman–Crippen MR) is 92.1 cm³/mol. The number of morpholine rings is 1. The van der Waals surface area contributed by atoms with Crippen molar-refractivity contribution in [2.24, 2.45) is 7.05 Å². The monoisotopic (exact) mass is 334 g/mol. The molecule has 1 aliphatic rings. The lowest BCUT2D eigenvalue weighted by atomic mass is 10.2. The molecule has 3 rings (SSSR count). The number of hydrogen-bond donors (Lipinski definition) is 1. The van der Waals surface area contributed by atoms with Gasteiger partial charge in [0.1, 0.15) is 0 Å². The number of aromatic nitrogens is 2. The van der Waals surface area contributed by atoms with Crippen molar-refractivity contribution in [2.75, 3.05) is 31.2 Å². The molecule has 124 valence electrons. The number of anilines is 1. The van der Waals surface area contributed by atoms with Gasteiger partial charge in [-0.2, -0.15) is 0 Å². The van der Waals surface area contributed by atoms with E-state index in [1.807, 2.05) is 25.3 Å². The summed E-state index contributed by atoms with van der Waals surface area (Å²) in [5, 5.41) is 4.39. The van der Waals surface area contributed by atoms with Crippen LogP contribution in [0.2, 0.25) is 0 Å². The molecule has 2 aromatic heterocycles. The van der Waals surface area contributed by atoms with Gasteiger partial charge in [-0.15, -0.1) is 11.3 Å². The van der Waals surface area contributed by atoms with E-state index in [0.29, 0.717) is 6.54 Å². The number of thiazole rings is 1. The summed E-state index contributed by atoms with van der Waals surface area (Å²) in [5.41, 5.74) is 1.82. The van der Waals surface area contributed by atoms with Gasteiger partial charge in [-0.05, 0) is 13.0 Å². The van der Waals surface area contributed by atoms with E-state index in [1.54, 1.807) is 23.0 Å². The van der Waals surface area contributed by atoms with Crippen molar-refractivity contribution >= 4 is 16.5 Å². The summed E-state index contributed by atoms with van der Waals surface area (Å²) in [5.74, 6) is 0. The van der Waals surface area contributed by atoms with Gasteiger partial charge in [0.25, 0.3) is 5.56 Å². The maximum Gasteiger partial charge on any atom is 0.254 e. The van der Waals surface area contributed by atoms with Crippen molar-refractivity contribution in [3.05, 3.63) is 44.8 Å². The van der Waals surface area contributed by atoms with Crippen molar-refractivity contribution in [1.82, 2.24) is 14.9 Å². The van der Waals surface area contributed by atoms with Gasteiger partial charge in [-0.25, -0.2) is 4.98 Å². The number of ether oxygens (including phenoxy) is 1. The first kappa shape index (κ1) is 16.2. The minimum absolute atomic E-state index is 0.0656. The van der Waals surface area contributed by atoms with Crippen molar-refractivity contribution in [3.63, 3.8) is 0 Å². The van der Waals surface area contributed by atoms with E-state index in [9.17, 15) is 4.79 Å². The number of nitrogens with zero attached hydrogens (tertiary/aromatic N) is 3. The standard InChI is InChI=1S/C16H22N4O2S/c1-12-3-4-13(15(21)19(12)2)9-17-10-14-11-18-16(23-14)20-5-7-22-8-6-20/h3-4,11,17H,5-10H2,1-2H3. The van der Waals surface area contributed by atoms with Crippen LogP contribution in [0.5, 0.6) is 0 Å². The third-order valence-electron chi connectivity index (χ3n) is 4.07. The zero-order chi connectivity index (χ0) is 16.2. The lowest BCUT2D eigenvalue weighted by molar-refractivity contribution is 0.122. The van der Waals surface area contributed by atoms with Crippen LogP contribution in [0.25, 0.3) is 0 Å². The molecule has 2 aromatic rings. The number of pyridine rings is 1. The summed E-state index contributed by atoms with van der Waals surface area (Å²) in [6.45, 7) is 6.56. The summed E-state index contributed by atoms with van der Waals surface area (Å²) >= 11 is 1.70. The molecule has 0 spiro atoms. The topological polar surface area (TPSA) is 59.4 Å². The Labute approximate surface area is 139 Å². The van der Waals surface area contributed by atoms with Gasteiger partial charge in [0.2, 0.25) is 0 Å². The Kier molecular flexibility index (Phi) is 5.09. The first-order chi connectivity index (χ1) is 11.1. The Bertz CT molecular complexity index is 719. The zero-order valence-corrected chi connectivity index (χ0v) is 14.4. The SMILES string of the molecule is Cc1ccc(CNCc2cnc(N3CCOCC3)s2)c(=O)n1C. The minimum atomic E-state index is 0.0656. The molecule has 0 radical (unpaired) electrons. The smallest absolute Gasteiger partial charge is 0.254 e. The third-order valence-corrected chi connectivity index (χ3v) is 5.13. The molecular formula is C16H22N4O2S. The molecule has 3 heterocycles. The molecule has 0 bridgehead atoms. The maximum atomic E-state index is 12.1. The van der Waals surface area contributed by atoms with E-state index < -0.39 is 0 Å². The highest BCUT2D eigenvalue weighted by atomic mass is 32.1. The largest absolute Gasteiger partial charge is 0.378 e. The number of nitrogens with one attached hydrogen (secondary N) is 1. The van der Waals surface area contributed by atoms with Crippen LogP contribution < -0.4 is 15.8 Å². The Morgan fingerprint density at radius 2 is 2.09 bits per heavy atom. The molecule has 0 aliphatic carbocycles. The highest BCUT2D eigenvalue weighted by Gasteiger charge is 2.14. The lowest BCUT2D eigenvalue weighted by Crippen LogP contribution is -2.36. The molecule has 1 N–H and O–H groups in total. The zero-order valence-electron chi connectivity index (χ0n) is 13.5. The molecular weight excluding hydrogens is 312 g/mol. The molecule has 0 amide bonds. The van der Waals surface area contributed by atoms with E-state index in [0.717, 1.165) is 49.2 Å². The summed E-state index contributed by atoms with van der Waals surface area (Å²) in [7, 11) is 1.80. The Morgan fingerprint density at radius 3 is 2.87 bits per heavy atom. The van der Waals surface area contributed by atoms with Crippen molar-refractivity contribution in [2.45, 2.75) is 20.0 Å². The van der Waals surface area contributed by atoms with Crippen LogP contribution in [0.1, 0.15) is 16.1 Å². The first-order valence-corrected chi connectivity index (χ1v) is 8.60. The molecule has 23 heavy (non-hydrogen) atoms. The van der Waals surface area contributed by atoms with E-state index >= 15 is 0 Å². The van der Waals surface area contributed by atoms with Gasteiger partial charge in [0, 0.05) is 55.6 Å². The number of hydrogen-bond acceptors (Lipinski definition) is 6. The lowest BCUT2D eigenvalue weighted by Gasteiger charge is -2.25. The number of aryl methyl sites for hydroxylation is 1. The van der Waals surface area contributed by atoms with Crippen LogP contribution in [0.3, 0.4) is 0 Å². The van der Waals surface area contributed by atoms with Gasteiger partial charge < -0.3 is 19.5 Å². The summed E-state index contributed by atoms with van der Waals surface area (Å²) < 4.78 is 7.04. The van der Waals surface area contributed by atoms with Crippen molar-refractivity contribution in [3.8, 4) is 0 Å². The highest BCUT2D eigenvalue weighted by molar-refractivity contribution is 7.15. The number of rotatable bonds is 5. The molecule has 0 aromatic carbocycles. The Hall–Kier alpha value is -1.70. The molecule has 1 saturated heterocycles. The van der Waals surface area contributed by atoms with Crippen LogP contribution in [-0.4, -0.2) is 35.9 Å². The van der Waals surface area contributed by atoms with Gasteiger partial charge in [-0.1, -0.05) is 6.07 Å². The van der Waals surface area contributed by atoms with Crippen LogP contribution in [-0.2, 0) is 24.9 Å². The quantitative estimate of drug-likeness (QED) is 0.892. The molecule has 1 fully saturated rings. The minimum Gasteiger partial charge on any atom is -0.378 e. The molecule has 7 heteroatoms. The average Bonchev–Trinajstić information content (AvgIpc) is 3.05. The first-order valence-electron chi connectivity index (χ1n) is 7.79. The molecule has 0 saturated carbocycles. The van der Waals surface area contributed by atoms with Gasteiger partial charge in [-0.3, -0.25) is 4.79 Å². The predicted octanol–water partition coefficient (Wildman–Crippen LogP) is 1.28. The summed E-state index contributed by atoms with van der Waals surface area (Å²) in [4.78, 5) is 20.1. The Morgan fingerprint density at radius 1 is 1.30 bits per heavy atom. The second-order valence-electron chi connectivity index (χ2n) is 5.68. The fourth-order valence-electron chi connectivity index (χ4n) is 2.51. The second kappa shape index (κ2) is 7.25. The third kappa shape index (κ3) is 3.80. The fourth-order valence-corrected chi connectivity index (χ4v) is 3.45. The molecule has 0 atom stereocenters. The Balaban J connectivity index is 1.56. The maximum absolute atomic E-state index is 12.1. The van der Waals surface area contributed by atoms with Crippen LogP contribution >= 0.6 is 11.3 Å². The molecule has 6 nitrogen and oxygen atoms in total. The van der Waals surface area contributed by atoms with Crippen molar-refractivity contribution in [1.29, 1.82) is 0 Å². The summed E-state index contributed by atoms with van der Waals surface area (Å²) in [6, 6.07) is 3.87. The van der Waals surface area contributed by atoms with Crippen LogP contribution in [0.4, 0.5) is 5.13 Å². The normalized spacial score (nSPS) is 15.1. The van der Waals surface area contributed by atoms with E-state index in [2.05, 4.69) is 15.2 Å². The van der Waals surface area contributed by atoms with E-state index in [-0.39, 0.29) is 5.56 Å². The second-order valence-corrected chi connectivity index (χ2v) is 6.77. The summed E-state index contributed by atoms with van der Waals surface area (Å²) in [6.07, 6.45) is 1.91. The van der Waals surface area contributed by atoms with Crippen LogP contribution in [0, 0.1) is 6.92 Å². The van der Waals surface area contributed by atoms with E-state index in [1.165, 1.54) is 4.88 Å². The van der Waals surface area contributed by atoms with Gasteiger partial charge in [0.05, 0.1) is 13.2 Å². The fraction of sp³-hybridized carbons (Fsp3) is 0.500. The molecule has 1 aliphatic heterocycles. The highest BCUT2D eigenvalue weighted by Crippen LogP contribution is 2.23. The average molecular weight is 334 g/mol. The van der Waals surface area contributed by atoms with E-state index in [4.69, 9.17) is 4.74 Å². The van der Waals surface area contributed by atoms with Crippen molar-refractivity contribution < 1.29 is 4.74 Å². The van der Waals surface area contributed by atoms with Crippen LogP contribution in [0.15, 0.2) is 23.1 Å². The van der Waals surface area contributed by atoms with Gasteiger partial charge >= 0.3 is 0 Å². The van der Waals surface area contributed by atoms with Gasteiger partial charge in [0.15, 0.2) is 5.13 Å².